The van der Waals surface area contributed by atoms with Crippen LogP contribution in [0.2, 0.25) is 0 Å². The zero-order valence-electron chi connectivity index (χ0n) is 26.6. The number of terminal acetylenes is 1. The smallest absolute Gasteiger partial charge is 0.119 e. The van der Waals surface area contributed by atoms with Gasteiger partial charge in [0.2, 0.25) is 0 Å². The average molecular weight is 565 g/mol. The molecule has 2 aromatic rings. The van der Waals surface area contributed by atoms with Gasteiger partial charge in [0.25, 0.3) is 0 Å². The van der Waals surface area contributed by atoms with Gasteiger partial charge in [-0.05, 0) is 127 Å². The topological polar surface area (TPSA) is 15.7 Å². The molecule has 42 heavy (non-hydrogen) atoms. The third-order valence-corrected chi connectivity index (χ3v) is 13.3. The predicted octanol–water partition coefficient (Wildman–Crippen LogP) is 7.72. The number of aryl methyl sites for hydroxylation is 1. The average Bonchev–Trinajstić information content (AvgIpc) is 3.82. The number of fused-ring (bicyclic) bond motifs is 5. The Kier molecular flexibility index (Phi) is 7.47. The van der Waals surface area contributed by atoms with Crippen LogP contribution in [-0.4, -0.2) is 56.2 Å². The van der Waals surface area contributed by atoms with E-state index in [1.165, 1.54) is 50.5 Å². The zero-order chi connectivity index (χ0) is 29.1. The third-order valence-electron chi connectivity index (χ3n) is 13.3. The first kappa shape index (κ1) is 28.5. The van der Waals surface area contributed by atoms with Crippen molar-refractivity contribution in [2.45, 2.75) is 83.5 Å². The minimum atomic E-state index is 0.200. The lowest BCUT2D eigenvalue weighted by atomic mass is 9.46. The zero-order valence-corrected chi connectivity index (χ0v) is 26.6. The molecule has 1 heterocycles. The summed E-state index contributed by atoms with van der Waals surface area (Å²) in [6.45, 7) is 13.9. The fourth-order valence-electron chi connectivity index (χ4n) is 10.1. The van der Waals surface area contributed by atoms with Gasteiger partial charge in [-0.15, -0.1) is 12.3 Å². The molecule has 5 aliphatic rings. The van der Waals surface area contributed by atoms with Crippen molar-refractivity contribution in [1.29, 1.82) is 0 Å². The Hall–Kier alpha value is -2.28. The van der Waals surface area contributed by atoms with Crippen LogP contribution in [0.5, 0.6) is 5.75 Å². The van der Waals surface area contributed by atoms with Crippen LogP contribution in [0.3, 0.4) is 0 Å². The fourth-order valence-corrected chi connectivity index (χ4v) is 10.1. The summed E-state index contributed by atoms with van der Waals surface area (Å²) in [6.07, 6.45) is 15.2. The minimum absolute atomic E-state index is 0.200. The van der Waals surface area contributed by atoms with Crippen LogP contribution >= 0.6 is 0 Å². The molecule has 2 aromatic carbocycles. The molecule has 7 rings (SSSR count). The molecule has 0 N–H and O–H groups in total. The molecular weight excluding hydrogens is 512 g/mol. The number of hydrogen-bond acceptors (Lipinski definition) is 3. The molecule has 0 spiro atoms. The van der Waals surface area contributed by atoms with Crippen molar-refractivity contribution in [3.8, 4) is 18.1 Å². The van der Waals surface area contributed by atoms with E-state index in [4.69, 9.17) is 11.2 Å². The van der Waals surface area contributed by atoms with Gasteiger partial charge in [0, 0.05) is 38.6 Å². The quantitative estimate of drug-likeness (QED) is 0.320. The number of hydrogen-bond donors (Lipinski definition) is 0. The molecular formula is C39H52N2O. The Morgan fingerprint density at radius 2 is 1.71 bits per heavy atom. The van der Waals surface area contributed by atoms with Crippen LogP contribution in [0.1, 0.15) is 99.3 Å². The van der Waals surface area contributed by atoms with Gasteiger partial charge in [0.1, 0.15) is 12.4 Å². The highest BCUT2D eigenvalue weighted by molar-refractivity contribution is 5.44. The predicted molar refractivity (Wildman–Crippen MR) is 173 cm³/mol. The van der Waals surface area contributed by atoms with Gasteiger partial charge in [-0.1, -0.05) is 51.1 Å². The van der Waals surface area contributed by atoms with E-state index in [2.05, 4.69) is 86.0 Å². The summed E-state index contributed by atoms with van der Waals surface area (Å²) in [6, 6.07) is 17.1. The highest BCUT2D eigenvalue weighted by atomic mass is 16.5. The summed E-state index contributed by atoms with van der Waals surface area (Å²) < 4.78 is 6.37. The number of benzene rings is 2. The summed E-state index contributed by atoms with van der Waals surface area (Å²) in [4.78, 5) is 4.95. The van der Waals surface area contributed by atoms with E-state index in [0.717, 1.165) is 62.8 Å². The Balaban J connectivity index is 1.17. The Morgan fingerprint density at radius 1 is 0.976 bits per heavy atom. The molecule has 3 saturated carbocycles. The largest absolute Gasteiger partial charge is 0.492 e. The molecule has 3 heteroatoms. The maximum Gasteiger partial charge on any atom is 0.119 e. The van der Waals surface area contributed by atoms with Crippen LogP contribution in [0.15, 0.2) is 42.5 Å². The van der Waals surface area contributed by atoms with Crippen LogP contribution < -0.4 is 4.74 Å². The van der Waals surface area contributed by atoms with Crippen molar-refractivity contribution in [3.05, 3.63) is 64.7 Å². The van der Waals surface area contributed by atoms with E-state index >= 15 is 0 Å². The maximum absolute atomic E-state index is 6.37. The fraction of sp³-hybridized carbons (Fsp3) is 0.641. The molecule has 0 aromatic heterocycles. The number of likely N-dealkylation sites (N-methyl/N-ethyl adjacent to an activating group) is 1. The SMILES string of the molecule is C#CC(C)C1(C)CC[C@H]2C3CCc4cc(OCCN5CCN(C)CC5)ccc4C3[C@@H](c3ccc(C4CC4)cc3)C[C@@]21C. The molecule has 1 aliphatic heterocycles. The molecule has 0 amide bonds. The molecule has 0 bridgehead atoms. The van der Waals surface area contributed by atoms with Gasteiger partial charge in [-0.25, -0.2) is 0 Å². The lowest BCUT2D eigenvalue weighted by Gasteiger charge is -2.58. The molecule has 4 fully saturated rings. The van der Waals surface area contributed by atoms with Gasteiger partial charge in [-0.2, -0.15) is 0 Å². The summed E-state index contributed by atoms with van der Waals surface area (Å²) >= 11 is 0. The van der Waals surface area contributed by atoms with Crippen molar-refractivity contribution >= 4 is 0 Å². The number of ether oxygens (including phenoxy) is 1. The molecule has 1 saturated heterocycles. The van der Waals surface area contributed by atoms with Crippen LogP contribution in [-0.2, 0) is 6.42 Å². The monoisotopic (exact) mass is 564 g/mol. The molecule has 4 unspecified atom stereocenters. The van der Waals surface area contributed by atoms with Crippen LogP contribution in [0, 0.1) is 40.9 Å². The summed E-state index contributed by atoms with van der Waals surface area (Å²) in [7, 11) is 2.22. The Morgan fingerprint density at radius 3 is 2.43 bits per heavy atom. The van der Waals surface area contributed by atoms with Crippen molar-refractivity contribution in [3.63, 3.8) is 0 Å². The highest BCUT2D eigenvalue weighted by Crippen LogP contribution is 2.72. The lowest BCUT2D eigenvalue weighted by molar-refractivity contribution is -0.0441. The van der Waals surface area contributed by atoms with Crippen molar-refractivity contribution in [2.24, 2.45) is 28.6 Å². The van der Waals surface area contributed by atoms with E-state index in [1.54, 1.807) is 16.7 Å². The number of nitrogens with zero attached hydrogens (tertiary/aromatic N) is 2. The number of rotatable bonds is 7. The highest BCUT2D eigenvalue weighted by Gasteiger charge is 2.63. The first-order valence-electron chi connectivity index (χ1n) is 17.0. The van der Waals surface area contributed by atoms with Crippen LogP contribution in [0.4, 0.5) is 0 Å². The second-order valence-corrected chi connectivity index (χ2v) is 15.2. The van der Waals surface area contributed by atoms with Gasteiger partial charge in [0.05, 0.1) is 0 Å². The Labute approximate surface area is 255 Å². The Bertz CT molecular complexity index is 1310. The second-order valence-electron chi connectivity index (χ2n) is 15.2. The molecule has 4 aliphatic carbocycles. The molecule has 0 radical (unpaired) electrons. The standard InChI is InChI=1S/C39H52N2O/c1-6-27(2)38(3)18-17-36-34-15-13-31-25-32(42-24-23-41-21-19-40(5)20-22-41)14-16-33(31)37(34)35(26-39(36,38)4)30-11-9-29(10-12-30)28-7-8-28/h1,9-12,14,16,25,27-28,34-37H,7-8,13,15,17-24,26H2,2-5H3/t27?,34?,35-,36+,37?,38?,39+/m1/s1. The lowest BCUT2D eigenvalue weighted by Crippen LogP contribution is -2.50. The van der Waals surface area contributed by atoms with Crippen molar-refractivity contribution in [2.75, 3.05) is 46.4 Å². The van der Waals surface area contributed by atoms with Gasteiger partial charge >= 0.3 is 0 Å². The molecule has 224 valence electrons. The maximum atomic E-state index is 6.37. The van der Waals surface area contributed by atoms with E-state index < -0.39 is 0 Å². The van der Waals surface area contributed by atoms with Gasteiger partial charge in [0.15, 0.2) is 0 Å². The summed E-state index contributed by atoms with van der Waals surface area (Å²) in [5.74, 6) is 7.97. The minimum Gasteiger partial charge on any atom is -0.492 e. The van der Waals surface area contributed by atoms with E-state index in [1.807, 2.05) is 0 Å². The first-order chi connectivity index (χ1) is 20.3. The van der Waals surface area contributed by atoms with Gasteiger partial charge < -0.3 is 9.64 Å². The third kappa shape index (κ3) is 4.82. The first-order valence-corrected chi connectivity index (χ1v) is 17.0. The van der Waals surface area contributed by atoms with Gasteiger partial charge in [-0.3, -0.25) is 4.90 Å². The number of piperazine rings is 1. The molecule has 7 atom stereocenters. The summed E-state index contributed by atoms with van der Waals surface area (Å²) in [5.41, 5.74) is 6.71. The molecule has 3 nitrogen and oxygen atoms in total. The van der Waals surface area contributed by atoms with Crippen molar-refractivity contribution < 1.29 is 4.74 Å². The normalized spacial score (nSPS) is 35.5. The van der Waals surface area contributed by atoms with E-state index in [9.17, 15) is 0 Å². The summed E-state index contributed by atoms with van der Waals surface area (Å²) in [5, 5.41) is 0. The second kappa shape index (κ2) is 11.0. The van der Waals surface area contributed by atoms with E-state index in [0.29, 0.717) is 17.8 Å². The van der Waals surface area contributed by atoms with Crippen LogP contribution in [0.25, 0.3) is 0 Å². The van der Waals surface area contributed by atoms with Crippen molar-refractivity contribution in [1.82, 2.24) is 9.80 Å². The van der Waals surface area contributed by atoms with E-state index in [-0.39, 0.29) is 10.8 Å².